The number of halogens is 6. The van der Waals surface area contributed by atoms with E-state index >= 15 is 0 Å². The summed E-state index contributed by atoms with van der Waals surface area (Å²) in [7, 11) is 0. The van der Waals surface area contributed by atoms with E-state index < -0.39 is 47.8 Å². The summed E-state index contributed by atoms with van der Waals surface area (Å²) in [6.07, 6.45) is -10.3. The van der Waals surface area contributed by atoms with Gasteiger partial charge in [0.05, 0.1) is 0 Å². The molecule has 0 radical (unpaired) electrons. The minimum atomic E-state index is -5.28. The molecule has 5 nitrogen and oxygen atoms in total. The van der Waals surface area contributed by atoms with Crippen LogP contribution in [-0.2, 0) is 12.7 Å². The standard InChI is InChI=1S/C9H6F6N2O3/c10-8(11,12)6-3(2-16)1-4(20-9(13,14)15)5(17-6)7(18)19/h1H,2,16H2,(H,18,19). The zero-order chi connectivity index (χ0) is 15.7. The smallest absolute Gasteiger partial charge is 0.476 e. The summed E-state index contributed by atoms with van der Waals surface area (Å²) >= 11 is 0. The number of nitrogens with two attached hydrogens (primary N) is 1. The highest BCUT2D eigenvalue weighted by atomic mass is 19.4. The van der Waals surface area contributed by atoms with Crippen molar-refractivity contribution in [2.45, 2.75) is 19.1 Å². The average Bonchev–Trinajstić information content (AvgIpc) is 2.24. The van der Waals surface area contributed by atoms with Crippen molar-refractivity contribution in [1.29, 1.82) is 0 Å². The lowest BCUT2D eigenvalue weighted by molar-refractivity contribution is -0.274. The van der Waals surface area contributed by atoms with E-state index in [1.807, 2.05) is 0 Å². The molecule has 3 N–H and O–H groups in total. The molecule has 0 fully saturated rings. The van der Waals surface area contributed by atoms with Crippen LogP contribution in [-0.4, -0.2) is 22.4 Å². The van der Waals surface area contributed by atoms with Crippen molar-refractivity contribution < 1.29 is 41.0 Å². The minimum Gasteiger partial charge on any atom is -0.476 e. The molecular formula is C9H6F6N2O3. The quantitative estimate of drug-likeness (QED) is 0.836. The summed E-state index contributed by atoms with van der Waals surface area (Å²) in [5.41, 5.74) is 0.982. The molecule has 1 aromatic heterocycles. The Morgan fingerprint density at radius 1 is 1.30 bits per heavy atom. The number of hydrogen-bond donors (Lipinski definition) is 2. The monoisotopic (exact) mass is 304 g/mol. The second kappa shape index (κ2) is 5.15. The molecule has 0 saturated heterocycles. The molecule has 0 saturated carbocycles. The topological polar surface area (TPSA) is 85.4 Å². The van der Waals surface area contributed by atoms with Gasteiger partial charge >= 0.3 is 18.5 Å². The zero-order valence-corrected chi connectivity index (χ0v) is 9.34. The summed E-state index contributed by atoms with van der Waals surface area (Å²) < 4.78 is 77.2. The van der Waals surface area contributed by atoms with Gasteiger partial charge in [0.1, 0.15) is 5.69 Å². The highest BCUT2D eigenvalue weighted by Gasteiger charge is 2.39. The number of carboxylic acid groups (broad SMARTS) is 1. The summed E-state index contributed by atoms with van der Waals surface area (Å²) in [4.78, 5) is 13.3. The number of ether oxygens (including phenoxy) is 1. The lowest BCUT2D eigenvalue weighted by Gasteiger charge is -2.16. The number of aromatic carboxylic acids is 1. The van der Waals surface area contributed by atoms with Crippen molar-refractivity contribution in [2.24, 2.45) is 5.73 Å². The van der Waals surface area contributed by atoms with Crippen molar-refractivity contribution in [2.75, 3.05) is 0 Å². The summed E-state index contributed by atoms with van der Waals surface area (Å²) in [5.74, 6) is -3.46. The second-order valence-electron chi connectivity index (χ2n) is 3.40. The Morgan fingerprint density at radius 3 is 2.20 bits per heavy atom. The SMILES string of the molecule is NCc1cc(OC(F)(F)F)c(C(=O)O)nc1C(F)(F)F. The Balaban J connectivity index is 3.50. The maximum absolute atomic E-state index is 12.6. The molecule has 20 heavy (non-hydrogen) atoms. The number of rotatable bonds is 3. The van der Waals surface area contributed by atoms with Crippen LogP contribution >= 0.6 is 0 Å². The van der Waals surface area contributed by atoms with Crippen LogP contribution in [0.5, 0.6) is 5.75 Å². The molecule has 0 atom stereocenters. The molecule has 1 heterocycles. The van der Waals surface area contributed by atoms with Crippen LogP contribution in [0.3, 0.4) is 0 Å². The van der Waals surface area contributed by atoms with Crippen LogP contribution in [0.25, 0.3) is 0 Å². The third-order valence-corrected chi connectivity index (χ3v) is 1.98. The Morgan fingerprint density at radius 2 is 1.85 bits per heavy atom. The van der Waals surface area contributed by atoms with Gasteiger partial charge in [0, 0.05) is 12.1 Å². The van der Waals surface area contributed by atoms with Crippen molar-refractivity contribution >= 4 is 5.97 Å². The Bertz CT molecular complexity index is 526. The molecule has 0 unspecified atom stereocenters. The van der Waals surface area contributed by atoms with E-state index in [4.69, 9.17) is 10.8 Å². The number of nitrogens with zero attached hydrogens (tertiary/aromatic N) is 1. The van der Waals surface area contributed by atoms with Crippen molar-refractivity contribution in [3.05, 3.63) is 23.0 Å². The average molecular weight is 304 g/mol. The number of hydrogen-bond acceptors (Lipinski definition) is 4. The highest BCUT2D eigenvalue weighted by Crippen LogP contribution is 2.35. The van der Waals surface area contributed by atoms with Gasteiger partial charge in [-0.1, -0.05) is 0 Å². The van der Waals surface area contributed by atoms with Crippen LogP contribution < -0.4 is 10.5 Å². The van der Waals surface area contributed by atoms with Crippen LogP contribution in [0.2, 0.25) is 0 Å². The summed E-state index contributed by atoms with van der Waals surface area (Å²) in [6.45, 7) is -0.796. The fourth-order valence-corrected chi connectivity index (χ4v) is 1.29. The number of carboxylic acids is 1. The molecule has 112 valence electrons. The first-order valence-electron chi connectivity index (χ1n) is 4.76. The van der Waals surface area contributed by atoms with E-state index in [1.54, 1.807) is 0 Å². The molecule has 1 rings (SSSR count). The minimum absolute atomic E-state index is 0.257. The lowest BCUT2D eigenvalue weighted by atomic mass is 10.1. The number of carbonyl (C=O) groups is 1. The van der Waals surface area contributed by atoms with Crippen LogP contribution in [0.1, 0.15) is 21.7 Å². The maximum atomic E-state index is 12.6. The fraction of sp³-hybridized carbons (Fsp3) is 0.333. The zero-order valence-electron chi connectivity index (χ0n) is 9.34. The highest BCUT2D eigenvalue weighted by molar-refractivity contribution is 5.88. The van der Waals surface area contributed by atoms with Crippen molar-refractivity contribution in [3.8, 4) is 5.75 Å². The predicted octanol–water partition coefficient (Wildman–Crippen LogP) is 2.16. The molecule has 0 spiro atoms. The first-order valence-corrected chi connectivity index (χ1v) is 4.76. The van der Waals surface area contributed by atoms with Crippen LogP contribution in [0.4, 0.5) is 26.3 Å². The maximum Gasteiger partial charge on any atom is 0.573 e. The van der Waals surface area contributed by atoms with Crippen molar-refractivity contribution in [1.82, 2.24) is 4.98 Å². The van der Waals surface area contributed by atoms with E-state index in [1.165, 1.54) is 0 Å². The first-order chi connectivity index (χ1) is 8.95. The third kappa shape index (κ3) is 3.73. The summed E-state index contributed by atoms with van der Waals surface area (Å²) in [6, 6.07) is 0.257. The van der Waals surface area contributed by atoms with Gasteiger partial charge in [0.25, 0.3) is 0 Å². The van der Waals surface area contributed by atoms with Gasteiger partial charge in [0.2, 0.25) is 0 Å². The van der Waals surface area contributed by atoms with Crippen LogP contribution in [0, 0.1) is 0 Å². The Labute approximate surface area is 107 Å². The molecule has 0 bridgehead atoms. The first kappa shape index (κ1) is 16.0. The van der Waals surface area contributed by atoms with E-state index in [-0.39, 0.29) is 6.07 Å². The van der Waals surface area contributed by atoms with E-state index in [0.717, 1.165) is 0 Å². The van der Waals surface area contributed by atoms with Gasteiger partial charge < -0.3 is 15.6 Å². The van der Waals surface area contributed by atoms with Gasteiger partial charge in [-0.3, -0.25) is 0 Å². The summed E-state index contributed by atoms with van der Waals surface area (Å²) in [5, 5.41) is 8.61. The van der Waals surface area contributed by atoms with Gasteiger partial charge in [-0.15, -0.1) is 13.2 Å². The molecule has 11 heteroatoms. The molecule has 1 aromatic rings. The number of aromatic nitrogens is 1. The lowest BCUT2D eigenvalue weighted by Crippen LogP contribution is -2.23. The van der Waals surface area contributed by atoms with E-state index in [0.29, 0.717) is 0 Å². The van der Waals surface area contributed by atoms with Crippen molar-refractivity contribution in [3.63, 3.8) is 0 Å². The van der Waals surface area contributed by atoms with Crippen LogP contribution in [0.15, 0.2) is 6.07 Å². The third-order valence-electron chi connectivity index (χ3n) is 1.98. The van der Waals surface area contributed by atoms with Gasteiger partial charge in [-0.05, 0) is 6.07 Å². The number of pyridine rings is 1. The largest absolute Gasteiger partial charge is 0.573 e. The molecule has 0 amide bonds. The van der Waals surface area contributed by atoms with Gasteiger partial charge in [-0.25, -0.2) is 9.78 Å². The molecule has 0 aliphatic carbocycles. The van der Waals surface area contributed by atoms with E-state index in [2.05, 4.69) is 9.72 Å². The molecule has 0 aliphatic rings. The number of alkyl halides is 6. The predicted molar refractivity (Wildman–Crippen MR) is 50.8 cm³/mol. The Hall–Kier alpha value is -2.04. The molecular weight excluding hydrogens is 298 g/mol. The van der Waals surface area contributed by atoms with Gasteiger partial charge in [-0.2, -0.15) is 13.2 Å². The Kier molecular flexibility index (Phi) is 4.12. The molecule has 0 aliphatic heterocycles. The molecule has 0 aromatic carbocycles. The van der Waals surface area contributed by atoms with Gasteiger partial charge in [0.15, 0.2) is 11.4 Å². The fourth-order valence-electron chi connectivity index (χ4n) is 1.29. The normalized spacial score (nSPS) is 12.3. The van der Waals surface area contributed by atoms with E-state index in [9.17, 15) is 31.1 Å². The second-order valence-corrected chi connectivity index (χ2v) is 3.40.